The van der Waals surface area contributed by atoms with E-state index < -0.39 is 5.92 Å². The molecule has 0 radical (unpaired) electrons. The van der Waals surface area contributed by atoms with Crippen LogP contribution in [0.2, 0.25) is 10.0 Å². The fraction of sp³-hybridized carbons (Fsp3) is 0.381. The van der Waals surface area contributed by atoms with Gasteiger partial charge in [0.1, 0.15) is 11.3 Å². The van der Waals surface area contributed by atoms with Gasteiger partial charge in [0.05, 0.1) is 21.2 Å². The van der Waals surface area contributed by atoms with Crippen LogP contribution >= 0.6 is 35.8 Å². The fourth-order valence-corrected chi connectivity index (χ4v) is 4.78. The molecular formula is C21H21Cl2F2N3OS. The van der Waals surface area contributed by atoms with Crippen LogP contribution in [-0.2, 0) is 0 Å². The first-order chi connectivity index (χ1) is 14.3. The van der Waals surface area contributed by atoms with E-state index in [9.17, 15) is 13.9 Å². The lowest BCUT2D eigenvalue weighted by Crippen LogP contribution is -2.39. The molecule has 0 unspecified atom stereocenters. The highest BCUT2D eigenvalue weighted by atomic mass is 35.5. The van der Waals surface area contributed by atoms with E-state index in [1.54, 1.807) is 11.0 Å². The number of nitrogens with zero attached hydrogens (tertiary/aromatic N) is 2. The molecule has 0 bridgehead atoms. The standard InChI is InChI=1S/C21H21Cl2F2N3OS/c22-15-11-16-18(17(23)19(15)28-8-6-21(24,25)7-9-28)27-20(26-16)14(5-10-29)12-1-3-13(30)4-2-12/h1-4,11,14,29-30H,5-10H2,(H,26,27)/t14-/m1/s1. The van der Waals surface area contributed by atoms with Crippen molar-refractivity contribution in [1.82, 2.24) is 9.97 Å². The molecule has 1 atom stereocenters. The molecule has 30 heavy (non-hydrogen) atoms. The number of imidazole rings is 1. The summed E-state index contributed by atoms with van der Waals surface area (Å²) >= 11 is 17.5. The maximum Gasteiger partial charge on any atom is 0.251 e. The van der Waals surface area contributed by atoms with E-state index in [1.165, 1.54) is 0 Å². The highest BCUT2D eigenvalue weighted by Crippen LogP contribution is 2.42. The number of hydrogen-bond acceptors (Lipinski definition) is 4. The smallest absolute Gasteiger partial charge is 0.251 e. The van der Waals surface area contributed by atoms with Crippen LogP contribution in [0.5, 0.6) is 0 Å². The molecule has 2 heterocycles. The molecule has 1 aromatic heterocycles. The number of rotatable bonds is 5. The molecule has 1 aliphatic heterocycles. The zero-order valence-electron chi connectivity index (χ0n) is 16.0. The molecule has 0 aliphatic carbocycles. The summed E-state index contributed by atoms with van der Waals surface area (Å²) in [6.45, 7) is 0.350. The van der Waals surface area contributed by atoms with E-state index in [0.29, 0.717) is 39.0 Å². The molecule has 9 heteroatoms. The van der Waals surface area contributed by atoms with Crippen LogP contribution in [0.1, 0.15) is 36.6 Å². The summed E-state index contributed by atoms with van der Waals surface area (Å²) < 4.78 is 27.1. The van der Waals surface area contributed by atoms with E-state index in [2.05, 4.69) is 17.6 Å². The van der Waals surface area contributed by atoms with Gasteiger partial charge in [-0.3, -0.25) is 0 Å². The maximum absolute atomic E-state index is 13.6. The zero-order chi connectivity index (χ0) is 21.5. The normalized spacial score (nSPS) is 17.5. The number of halogens is 4. The van der Waals surface area contributed by atoms with Gasteiger partial charge in [0.25, 0.3) is 5.92 Å². The Bertz CT molecular complexity index is 1050. The molecule has 4 nitrogen and oxygen atoms in total. The second kappa shape index (κ2) is 8.54. The van der Waals surface area contributed by atoms with Crippen LogP contribution in [0.3, 0.4) is 0 Å². The Morgan fingerprint density at radius 3 is 2.50 bits per heavy atom. The van der Waals surface area contributed by atoms with Crippen LogP contribution in [0.25, 0.3) is 11.0 Å². The number of aliphatic hydroxyl groups excluding tert-OH is 1. The van der Waals surface area contributed by atoms with E-state index >= 15 is 0 Å². The van der Waals surface area contributed by atoms with Crippen molar-refractivity contribution >= 4 is 52.6 Å². The number of fused-ring (bicyclic) bond motifs is 1. The minimum Gasteiger partial charge on any atom is -0.396 e. The van der Waals surface area contributed by atoms with Crippen molar-refractivity contribution in [3.8, 4) is 0 Å². The number of aromatic amines is 1. The topological polar surface area (TPSA) is 52.2 Å². The molecule has 4 rings (SSSR count). The number of thiol groups is 1. The second-order valence-electron chi connectivity index (χ2n) is 7.54. The summed E-state index contributed by atoms with van der Waals surface area (Å²) in [6, 6.07) is 9.40. The highest BCUT2D eigenvalue weighted by molar-refractivity contribution is 7.80. The van der Waals surface area contributed by atoms with Crippen LogP contribution in [0.4, 0.5) is 14.5 Å². The predicted octanol–water partition coefficient (Wildman–Crippen LogP) is 5.91. The first-order valence-corrected chi connectivity index (χ1v) is 10.9. The minimum atomic E-state index is -2.65. The lowest BCUT2D eigenvalue weighted by Gasteiger charge is -2.34. The van der Waals surface area contributed by atoms with Crippen LogP contribution < -0.4 is 4.90 Å². The van der Waals surface area contributed by atoms with E-state index in [1.807, 2.05) is 24.3 Å². The summed E-state index contributed by atoms with van der Waals surface area (Å²) in [7, 11) is 0. The molecule has 0 amide bonds. The van der Waals surface area contributed by atoms with Crippen molar-refractivity contribution in [2.75, 3.05) is 24.6 Å². The van der Waals surface area contributed by atoms with Crippen molar-refractivity contribution in [3.05, 3.63) is 51.8 Å². The molecule has 1 fully saturated rings. The van der Waals surface area contributed by atoms with Gasteiger partial charge >= 0.3 is 0 Å². The molecule has 3 aromatic rings. The highest BCUT2D eigenvalue weighted by Gasteiger charge is 2.35. The largest absolute Gasteiger partial charge is 0.396 e. The summed E-state index contributed by atoms with van der Waals surface area (Å²) in [5.41, 5.74) is 2.73. The Morgan fingerprint density at radius 1 is 1.20 bits per heavy atom. The summed E-state index contributed by atoms with van der Waals surface area (Å²) in [4.78, 5) is 10.6. The van der Waals surface area contributed by atoms with E-state index in [0.717, 1.165) is 10.5 Å². The molecule has 160 valence electrons. The molecule has 2 aromatic carbocycles. The number of piperidine rings is 1. The fourth-order valence-electron chi connectivity index (χ4n) is 3.90. The van der Waals surface area contributed by atoms with Crippen molar-refractivity contribution in [3.63, 3.8) is 0 Å². The maximum atomic E-state index is 13.6. The first-order valence-electron chi connectivity index (χ1n) is 9.69. The van der Waals surface area contributed by atoms with Crippen molar-refractivity contribution in [2.45, 2.75) is 36.0 Å². The van der Waals surface area contributed by atoms with Gasteiger partial charge in [-0.05, 0) is 30.2 Å². The first kappa shape index (κ1) is 21.7. The Hall–Kier alpha value is -1.54. The number of benzene rings is 2. The SMILES string of the molecule is OCC[C@H](c1ccc(S)cc1)c1nc2c(Cl)c(N3CCC(F)(F)CC3)c(Cl)cc2[nH]1. The molecule has 0 saturated carbocycles. The van der Waals surface area contributed by atoms with Gasteiger partial charge in [0, 0.05) is 43.4 Å². The lowest BCUT2D eigenvalue weighted by atomic mass is 9.95. The Morgan fingerprint density at radius 2 is 1.87 bits per heavy atom. The van der Waals surface area contributed by atoms with Crippen LogP contribution in [0, 0.1) is 0 Å². The third-order valence-corrected chi connectivity index (χ3v) is 6.46. The van der Waals surface area contributed by atoms with E-state index in [4.69, 9.17) is 28.2 Å². The van der Waals surface area contributed by atoms with Gasteiger partial charge in [0.15, 0.2) is 0 Å². The second-order valence-corrected chi connectivity index (χ2v) is 8.84. The van der Waals surface area contributed by atoms with Gasteiger partial charge < -0.3 is 15.0 Å². The third-order valence-electron chi connectivity index (χ3n) is 5.52. The predicted molar refractivity (Wildman–Crippen MR) is 120 cm³/mol. The van der Waals surface area contributed by atoms with Crippen molar-refractivity contribution < 1.29 is 13.9 Å². The lowest BCUT2D eigenvalue weighted by molar-refractivity contribution is -0.0220. The summed E-state index contributed by atoms with van der Waals surface area (Å²) in [6.07, 6.45) is 0.0115. The van der Waals surface area contributed by atoms with Crippen LogP contribution in [0.15, 0.2) is 35.2 Å². The number of anilines is 1. The van der Waals surface area contributed by atoms with Gasteiger partial charge in [-0.2, -0.15) is 0 Å². The Labute approximate surface area is 188 Å². The minimum absolute atomic E-state index is 0.00787. The molecule has 0 spiro atoms. The number of H-pyrrole nitrogens is 1. The summed E-state index contributed by atoms with van der Waals surface area (Å²) in [5, 5.41) is 10.3. The Balaban J connectivity index is 1.73. The zero-order valence-corrected chi connectivity index (χ0v) is 18.4. The quantitative estimate of drug-likeness (QED) is 0.405. The van der Waals surface area contributed by atoms with Gasteiger partial charge in [0.2, 0.25) is 0 Å². The Kier molecular flexibility index (Phi) is 6.17. The van der Waals surface area contributed by atoms with Crippen molar-refractivity contribution in [1.29, 1.82) is 0 Å². The number of aromatic nitrogens is 2. The summed E-state index contributed by atoms with van der Waals surface area (Å²) in [5.74, 6) is -2.16. The number of hydrogen-bond donors (Lipinski definition) is 3. The number of aliphatic hydroxyl groups is 1. The average molecular weight is 472 g/mol. The number of nitrogens with one attached hydrogen (secondary N) is 1. The monoisotopic (exact) mass is 471 g/mol. The van der Waals surface area contributed by atoms with Crippen molar-refractivity contribution in [2.24, 2.45) is 0 Å². The molecule has 2 N–H and O–H groups in total. The average Bonchev–Trinajstić information content (AvgIpc) is 3.12. The third kappa shape index (κ3) is 4.26. The van der Waals surface area contributed by atoms with Gasteiger partial charge in [-0.15, -0.1) is 12.6 Å². The van der Waals surface area contributed by atoms with Crippen LogP contribution in [-0.4, -0.2) is 40.7 Å². The molecule has 1 saturated heterocycles. The van der Waals surface area contributed by atoms with E-state index in [-0.39, 0.29) is 38.5 Å². The molecular weight excluding hydrogens is 451 g/mol. The van der Waals surface area contributed by atoms with Gasteiger partial charge in [-0.25, -0.2) is 13.8 Å². The number of alkyl halides is 2. The molecule has 1 aliphatic rings. The van der Waals surface area contributed by atoms with Gasteiger partial charge in [-0.1, -0.05) is 35.3 Å².